The number of para-hydroxylation sites is 1. The van der Waals surface area contributed by atoms with Crippen molar-refractivity contribution in [2.24, 2.45) is 5.73 Å². The molecule has 0 saturated heterocycles. The van der Waals surface area contributed by atoms with Crippen LogP contribution in [0.2, 0.25) is 0 Å². The van der Waals surface area contributed by atoms with E-state index in [2.05, 4.69) is 0 Å². The number of esters is 2. The average molecular weight is 397 g/mol. The minimum atomic E-state index is -1.88. The van der Waals surface area contributed by atoms with E-state index in [0.29, 0.717) is 11.3 Å². The second-order valence-corrected chi connectivity index (χ2v) is 6.34. The lowest BCUT2D eigenvalue weighted by Gasteiger charge is -2.34. The van der Waals surface area contributed by atoms with Crippen LogP contribution in [0.15, 0.2) is 47.1 Å². The molecule has 29 heavy (non-hydrogen) atoms. The van der Waals surface area contributed by atoms with E-state index in [0.717, 1.165) is 0 Å². The standard InChI is InChI=1S/C20H19N3O6/c1-4-28-18(25)16-11(2)29-17(22)13(9-21)20(16)12-7-5-6-8-14(12)23(19(20)26)10-15(24)27-3/h5-8H,4,10,22H2,1-3H3. The highest BCUT2D eigenvalue weighted by Crippen LogP contribution is 2.54. The summed E-state index contributed by atoms with van der Waals surface area (Å²) >= 11 is 0. The van der Waals surface area contributed by atoms with Crippen LogP contribution in [0.1, 0.15) is 19.4 Å². The average Bonchev–Trinajstić information content (AvgIpc) is 2.92. The molecule has 1 aromatic rings. The topological polar surface area (TPSA) is 132 Å². The van der Waals surface area contributed by atoms with Crippen LogP contribution in [0.4, 0.5) is 5.69 Å². The molecule has 2 aliphatic rings. The number of hydrogen-bond acceptors (Lipinski definition) is 8. The van der Waals surface area contributed by atoms with Gasteiger partial charge >= 0.3 is 11.9 Å². The molecule has 0 bridgehead atoms. The minimum absolute atomic E-state index is 0.0445. The summed E-state index contributed by atoms with van der Waals surface area (Å²) in [6, 6.07) is 8.47. The van der Waals surface area contributed by atoms with Crippen LogP contribution in [0.5, 0.6) is 0 Å². The summed E-state index contributed by atoms with van der Waals surface area (Å²) in [5.41, 5.74) is 4.38. The van der Waals surface area contributed by atoms with Crippen molar-refractivity contribution in [2.75, 3.05) is 25.2 Å². The number of nitriles is 1. The summed E-state index contributed by atoms with van der Waals surface area (Å²) in [7, 11) is 1.20. The van der Waals surface area contributed by atoms with Gasteiger partial charge in [-0.15, -0.1) is 0 Å². The molecule has 1 aromatic carbocycles. The van der Waals surface area contributed by atoms with Gasteiger partial charge in [-0.1, -0.05) is 18.2 Å². The van der Waals surface area contributed by atoms with E-state index in [1.54, 1.807) is 31.2 Å². The molecule has 1 amide bonds. The summed E-state index contributed by atoms with van der Waals surface area (Å²) in [5.74, 6) is -2.40. The molecule has 2 aliphatic heterocycles. The van der Waals surface area contributed by atoms with Crippen molar-refractivity contribution in [3.63, 3.8) is 0 Å². The summed E-state index contributed by atoms with van der Waals surface area (Å²) in [6.07, 6.45) is 0. The Morgan fingerprint density at radius 3 is 2.66 bits per heavy atom. The van der Waals surface area contributed by atoms with E-state index in [4.69, 9.17) is 19.9 Å². The number of carbonyl (C=O) groups excluding carboxylic acids is 3. The van der Waals surface area contributed by atoms with Crippen molar-refractivity contribution in [3.05, 3.63) is 52.6 Å². The number of methoxy groups -OCH3 is 1. The molecular formula is C20H19N3O6. The Morgan fingerprint density at radius 1 is 1.34 bits per heavy atom. The Balaban J connectivity index is 2.37. The highest BCUT2D eigenvalue weighted by molar-refractivity contribution is 6.19. The summed E-state index contributed by atoms with van der Waals surface area (Å²) in [5, 5.41) is 9.86. The van der Waals surface area contributed by atoms with Crippen LogP contribution >= 0.6 is 0 Å². The second-order valence-electron chi connectivity index (χ2n) is 6.34. The monoisotopic (exact) mass is 397 g/mol. The third kappa shape index (κ3) is 2.72. The van der Waals surface area contributed by atoms with Crippen LogP contribution in [0, 0.1) is 11.3 Å². The number of nitrogens with two attached hydrogens (primary N) is 1. The van der Waals surface area contributed by atoms with E-state index >= 15 is 0 Å². The van der Waals surface area contributed by atoms with Gasteiger partial charge in [-0.25, -0.2) is 4.79 Å². The van der Waals surface area contributed by atoms with Crippen molar-refractivity contribution >= 4 is 23.5 Å². The normalized spacial score (nSPS) is 20.3. The molecule has 2 heterocycles. The number of carbonyl (C=O) groups is 3. The van der Waals surface area contributed by atoms with Crippen LogP contribution in [0.3, 0.4) is 0 Å². The van der Waals surface area contributed by atoms with Gasteiger partial charge in [0.15, 0.2) is 5.41 Å². The maximum Gasteiger partial charge on any atom is 0.339 e. The van der Waals surface area contributed by atoms with Crippen molar-refractivity contribution < 1.29 is 28.6 Å². The molecule has 150 valence electrons. The zero-order valence-electron chi connectivity index (χ0n) is 16.1. The summed E-state index contributed by atoms with van der Waals surface area (Å²) in [4.78, 5) is 39.7. The Bertz CT molecular complexity index is 1020. The number of anilines is 1. The van der Waals surface area contributed by atoms with Gasteiger partial charge in [-0.05, 0) is 19.9 Å². The third-order valence-corrected chi connectivity index (χ3v) is 4.88. The van der Waals surface area contributed by atoms with E-state index in [-0.39, 0.29) is 29.4 Å². The first-order valence-electron chi connectivity index (χ1n) is 8.79. The molecule has 1 atom stereocenters. The number of allylic oxidation sites excluding steroid dienone is 1. The highest BCUT2D eigenvalue weighted by atomic mass is 16.5. The Morgan fingerprint density at radius 2 is 2.03 bits per heavy atom. The Labute approximate surface area is 166 Å². The summed E-state index contributed by atoms with van der Waals surface area (Å²) in [6.45, 7) is 2.73. The van der Waals surface area contributed by atoms with Gasteiger partial charge in [-0.3, -0.25) is 14.5 Å². The predicted octanol–water partition coefficient (Wildman–Crippen LogP) is 1.01. The van der Waals surface area contributed by atoms with E-state index in [1.807, 2.05) is 6.07 Å². The molecule has 9 nitrogen and oxygen atoms in total. The fraction of sp³-hybridized carbons (Fsp3) is 0.300. The fourth-order valence-electron chi connectivity index (χ4n) is 3.77. The lowest BCUT2D eigenvalue weighted by atomic mass is 9.68. The van der Waals surface area contributed by atoms with Gasteiger partial charge in [0.05, 0.1) is 13.7 Å². The Kier molecular flexibility index (Phi) is 5.03. The van der Waals surface area contributed by atoms with E-state index in [9.17, 15) is 19.6 Å². The maximum absolute atomic E-state index is 13.8. The number of amides is 1. The SMILES string of the molecule is CCOC(=O)C1=C(C)OC(N)=C(C#N)C12C(=O)N(CC(=O)OC)c1ccccc12. The molecule has 0 aliphatic carbocycles. The fourth-order valence-corrected chi connectivity index (χ4v) is 3.77. The van der Waals surface area contributed by atoms with Crippen LogP contribution in [-0.2, 0) is 34.0 Å². The van der Waals surface area contributed by atoms with Crippen LogP contribution < -0.4 is 10.6 Å². The lowest BCUT2D eigenvalue weighted by molar-refractivity contribution is -0.141. The van der Waals surface area contributed by atoms with Crippen LogP contribution in [0.25, 0.3) is 0 Å². The van der Waals surface area contributed by atoms with Crippen molar-refractivity contribution in [1.82, 2.24) is 0 Å². The molecule has 9 heteroatoms. The number of rotatable bonds is 4. The lowest BCUT2D eigenvalue weighted by Crippen LogP contribution is -2.49. The predicted molar refractivity (Wildman–Crippen MR) is 99.7 cm³/mol. The van der Waals surface area contributed by atoms with Gasteiger partial charge < -0.3 is 19.9 Å². The number of hydrogen-bond donors (Lipinski definition) is 1. The quantitative estimate of drug-likeness (QED) is 0.745. The van der Waals surface area contributed by atoms with Crippen LogP contribution in [-0.4, -0.2) is 38.1 Å². The number of ether oxygens (including phenoxy) is 3. The minimum Gasteiger partial charge on any atom is -0.468 e. The first-order valence-corrected chi connectivity index (χ1v) is 8.79. The number of benzene rings is 1. The molecule has 0 fully saturated rings. The van der Waals surface area contributed by atoms with Gasteiger partial charge in [0.2, 0.25) is 11.8 Å². The first kappa shape index (κ1) is 19.9. The third-order valence-electron chi connectivity index (χ3n) is 4.88. The van der Waals surface area contributed by atoms with Gasteiger partial charge in [0.1, 0.15) is 29.5 Å². The van der Waals surface area contributed by atoms with Crippen molar-refractivity contribution in [1.29, 1.82) is 5.26 Å². The van der Waals surface area contributed by atoms with Gasteiger partial charge in [-0.2, -0.15) is 5.26 Å². The maximum atomic E-state index is 13.8. The molecule has 1 spiro atoms. The Hall–Kier alpha value is -3.80. The second kappa shape index (κ2) is 7.31. The first-order chi connectivity index (χ1) is 13.8. The molecule has 3 rings (SSSR count). The summed E-state index contributed by atoms with van der Waals surface area (Å²) < 4.78 is 15.3. The number of fused-ring (bicyclic) bond motifs is 2. The molecular weight excluding hydrogens is 378 g/mol. The molecule has 2 N–H and O–H groups in total. The zero-order valence-corrected chi connectivity index (χ0v) is 16.1. The van der Waals surface area contributed by atoms with Gasteiger partial charge in [0.25, 0.3) is 0 Å². The molecule has 0 saturated carbocycles. The van der Waals surface area contributed by atoms with Gasteiger partial charge in [0, 0.05) is 11.3 Å². The smallest absolute Gasteiger partial charge is 0.339 e. The van der Waals surface area contributed by atoms with Crippen molar-refractivity contribution in [2.45, 2.75) is 19.3 Å². The largest absolute Gasteiger partial charge is 0.468 e. The zero-order chi connectivity index (χ0) is 21.3. The highest BCUT2D eigenvalue weighted by Gasteiger charge is 2.62. The molecule has 0 aromatic heterocycles. The van der Waals surface area contributed by atoms with E-state index in [1.165, 1.54) is 18.9 Å². The number of nitrogens with zero attached hydrogens (tertiary/aromatic N) is 2. The molecule has 0 radical (unpaired) electrons. The van der Waals surface area contributed by atoms with Crippen molar-refractivity contribution in [3.8, 4) is 6.07 Å². The molecule has 1 unspecified atom stereocenters. The van der Waals surface area contributed by atoms with E-state index < -0.39 is 29.8 Å².